The van der Waals surface area contributed by atoms with Crippen LogP contribution in [0.4, 0.5) is 0 Å². The fourth-order valence-electron chi connectivity index (χ4n) is 3.14. The summed E-state index contributed by atoms with van der Waals surface area (Å²) in [4.78, 5) is 24.2. The van der Waals surface area contributed by atoms with E-state index in [9.17, 15) is 9.59 Å². The monoisotopic (exact) mass is 495 g/mol. The lowest BCUT2D eigenvalue weighted by atomic mass is 10.1. The van der Waals surface area contributed by atoms with Crippen molar-refractivity contribution in [2.24, 2.45) is 5.10 Å². The number of nitrogens with one attached hydrogen (secondary N) is 2. The van der Waals surface area contributed by atoms with E-state index in [1.54, 1.807) is 38.5 Å². The van der Waals surface area contributed by atoms with E-state index in [0.717, 1.165) is 11.1 Å². The number of ether oxygens (including phenoxy) is 3. The first-order chi connectivity index (χ1) is 17.0. The highest BCUT2D eigenvalue weighted by atomic mass is 35.5. The van der Waals surface area contributed by atoms with E-state index in [0.29, 0.717) is 34.3 Å². The Morgan fingerprint density at radius 2 is 1.66 bits per heavy atom. The van der Waals surface area contributed by atoms with Crippen LogP contribution in [0.15, 0.2) is 71.8 Å². The van der Waals surface area contributed by atoms with Gasteiger partial charge in [-0.15, -0.1) is 0 Å². The van der Waals surface area contributed by atoms with Crippen molar-refractivity contribution in [2.75, 3.05) is 20.8 Å². The van der Waals surface area contributed by atoms with Crippen molar-refractivity contribution < 1.29 is 23.8 Å². The summed E-state index contributed by atoms with van der Waals surface area (Å²) in [5.41, 5.74) is 4.63. The maximum Gasteiger partial charge on any atom is 0.329 e. The van der Waals surface area contributed by atoms with Crippen LogP contribution < -0.4 is 25.0 Å². The summed E-state index contributed by atoms with van der Waals surface area (Å²) in [5.74, 6) is 0.117. The van der Waals surface area contributed by atoms with Gasteiger partial charge in [-0.05, 0) is 42.3 Å². The summed E-state index contributed by atoms with van der Waals surface area (Å²) in [5, 5.41) is 7.06. The largest absolute Gasteiger partial charge is 0.493 e. The fourth-order valence-corrected chi connectivity index (χ4v) is 3.33. The first-order valence-electron chi connectivity index (χ1n) is 10.8. The molecule has 0 radical (unpaired) electrons. The summed E-state index contributed by atoms with van der Waals surface area (Å²) in [7, 11) is 3.11. The van der Waals surface area contributed by atoms with Gasteiger partial charge in [-0.1, -0.05) is 48.0 Å². The zero-order valence-electron chi connectivity index (χ0n) is 19.4. The SMILES string of the molecule is COc1ccc(CCNC(=O)C(=O)N/N=C\c2ccccc2OCc2ccccc2Cl)cc1OC. The van der Waals surface area contributed by atoms with E-state index < -0.39 is 11.8 Å². The van der Waals surface area contributed by atoms with Crippen LogP contribution in [-0.2, 0) is 22.6 Å². The quantitative estimate of drug-likeness (QED) is 0.253. The minimum atomic E-state index is -0.872. The minimum Gasteiger partial charge on any atom is -0.493 e. The smallest absolute Gasteiger partial charge is 0.329 e. The maximum absolute atomic E-state index is 12.1. The van der Waals surface area contributed by atoms with Gasteiger partial charge >= 0.3 is 11.8 Å². The molecule has 8 nitrogen and oxygen atoms in total. The Balaban J connectivity index is 1.48. The lowest BCUT2D eigenvalue weighted by Gasteiger charge is -2.10. The summed E-state index contributed by atoms with van der Waals surface area (Å²) in [6, 6.07) is 20.1. The number of halogens is 1. The van der Waals surface area contributed by atoms with Gasteiger partial charge in [-0.25, -0.2) is 5.43 Å². The summed E-state index contributed by atoms with van der Waals surface area (Å²) < 4.78 is 16.3. The lowest BCUT2D eigenvalue weighted by Crippen LogP contribution is -2.38. The van der Waals surface area contributed by atoms with Gasteiger partial charge in [0.05, 0.1) is 20.4 Å². The molecule has 3 rings (SSSR count). The van der Waals surface area contributed by atoms with Crippen molar-refractivity contribution in [3.63, 3.8) is 0 Å². The fraction of sp³-hybridized carbons (Fsp3) is 0.192. The number of amides is 2. The van der Waals surface area contributed by atoms with E-state index >= 15 is 0 Å². The molecule has 35 heavy (non-hydrogen) atoms. The van der Waals surface area contributed by atoms with Gasteiger partial charge in [0.25, 0.3) is 0 Å². The molecule has 182 valence electrons. The second kappa shape index (κ2) is 13.0. The molecule has 2 N–H and O–H groups in total. The molecule has 3 aromatic carbocycles. The number of rotatable bonds is 10. The number of nitrogens with zero attached hydrogens (tertiary/aromatic N) is 1. The van der Waals surface area contributed by atoms with Crippen LogP contribution in [0.2, 0.25) is 5.02 Å². The second-order valence-electron chi connectivity index (χ2n) is 7.31. The second-order valence-corrected chi connectivity index (χ2v) is 7.72. The molecule has 0 heterocycles. The van der Waals surface area contributed by atoms with Crippen molar-refractivity contribution >= 4 is 29.6 Å². The van der Waals surface area contributed by atoms with E-state index in [-0.39, 0.29) is 13.2 Å². The van der Waals surface area contributed by atoms with Crippen molar-refractivity contribution in [2.45, 2.75) is 13.0 Å². The van der Waals surface area contributed by atoms with Crippen LogP contribution >= 0.6 is 11.6 Å². The van der Waals surface area contributed by atoms with Gasteiger partial charge in [0, 0.05) is 22.7 Å². The number of hydrogen-bond acceptors (Lipinski definition) is 6. The molecule has 0 atom stereocenters. The van der Waals surface area contributed by atoms with Crippen molar-refractivity contribution in [1.29, 1.82) is 0 Å². The van der Waals surface area contributed by atoms with E-state index in [4.69, 9.17) is 25.8 Å². The average molecular weight is 496 g/mol. The normalized spacial score (nSPS) is 10.6. The molecule has 0 aliphatic heterocycles. The van der Waals surface area contributed by atoms with Crippen LogP contribution in [0.1, 0.15) is 16.7 Å². The number of methoxy groups -OCH3 is 2. The van der Waals surface area contributed by atoms with Crippen LogP contribution in [0.25, 0.3) is 0 Å². The Morgan fingerprint density at radius 1 is 0.914 bits per heavy atom. The molecule has 9 heteroatoms. The standard InChI is InChI=1S/C26H26ClN3O5/c1-33-23-12-11-18(15-24(23)34-2)13-14-28-25(31)26(32)30-29-16-19-7-4-6-10-22(19)35-17-20-8-3-5-9-21(20)27/h3-12,15-16H,13-14,17H2,1-2H3,(H,28,31)(H,30,32)/b29-16-. The number of carbonyl (C=O) groups is 2. The third kappa shape index (κ3) is 7.48. The predicted octanol–water partition coefficient (Wildman–Crippen LogP) is 3.75. The first-order valence-corrected chi connectivity index (χ1v) is 11.2. The maximum atomic E-state index is 12.1. The first kappa shape index (κ1) is 25.6. The molecule has 2 amide bonds. The molecule has 0 aromatic heterocycles. The van der Waals surface area contributed by atoms with E-state index in [2.05, 4.69) is 15.8 Å². The number of hydrogen-bond donors (Lipinski definition) is 2. The molecule has 0 fully saturated rings. The van der Waals surface area contributed by atoms with Crippen LogP contribution in [-0.4, -0.2) is 38.8 Å². The Morgan fingerprint density at radius 3 is 2.43 bits per heavy atom. The highest BCUT2D eigenvalue weighted by Crippen LogP contribution is 2.27. The molecular formula is C26H26ClN3O5. The van der Waals surface area contributed by atoms with Gasteiger partial charge in [-0.2, -0.15) is 5.10 Å². The van der Waals surface area contributed by atoms with Gasteiger partial charge in [0.1, 0.15) is 12.4 Å². The molecule has 0 spiro atoms. The third-order valence-corrected chi connectivity index (χ3v) is 5.35. The molecule has 0 saturated heterocycles. The number of para-hydroxylation sites is 1. The summed E-state index contributed by atoms with van der Waals surface area (Å²) in [6.45, 7) is 0.545. The van der Waals surface area contributed by atoms with Crippen LogP contribution in [0.5, 0.6) is 17.2 Å². The molecular weight excluding hydrogens is 470 g/mol. The van der Waals surface area contributed by atoms with Crippen LogP contribution in [0.3, 0.4) is 0 Å². The summed E-state index contributed by atoms with van der Waals surface area (Å²) >= 11 is 6.17. The van der Waals surface area contributed by atoms with Crippen LogP contribution in [0, 0.1) is 0 Å². The highest BCUT2D eigenvalue weighted by Gasteiger charge is 2.12. The van der Waals surface area contributed by atoms with Gasteiger partial charge in [0.2, 0.25) is 0 Å². The van der Waals surface area contributed by atoms with Gasteiger partial charge in [0.15, 0.2) is 11.5 Å². The minimum absolute atomic E-state index is 0.268. The Labute approximate surface area is 208 Å². The molecule has 0 aliphatic carbocycles. The average Bonchev–Trinajstić information content (AvgIpc) is 2.88. The van der Waals surface area contributed by atoms with Crippen molar-refractivity contribution in [3.8, 4) is 17.2 Å². The molecule has 0 unspecified atom stereocenters. The van der Waals surface area contributed by atoms with Crippen molar-refractivity contribution in [3.05, 3.63) is 88.4 Å². The zero-order valence-corrected chi connectivity index (χ0v) is 20.2. The summed E-state index contributed by atoms with van der Waals surface area (Å²) in [6.07, 6.45) is 1.93. The lowest BCUT2D eigenvalue weighted by molar-refractivity contribution is -0.139. The van der Waals surface area contributed by atoms with Gasteiger partial charge in [-0.3, -0.25) is 9.59 Å². The van der Waals surface area contributed by atoms with Crippen molar-refractivity contribution in [1.82, 2.24) is 10.7 Å². The Hall–Kier alpha value is -4.04. The number of benzene rings is 3. The Bertz CT molecular complexity index is 1200. The molecule has 0 bridgehead atoms. The zero-order chi connectivity index (χ0) is 25.0. The molecule has 0 aliphatic rings. The topological polar surface area (TPSA) is 98.2 Å². The van der Waals surface area contributed by atoms with E-state index in [1.165, 1.54) is 6.21 Å². The number of carbonyl (C=O) groups excluding carboxylic acids is 2. The molecule has 3 aromatic rings. The predicted molar refractivity (Wildman–Crippen MR) is 134 cm³/mol. The number of hydrazone groups is 1. The van der Waals surface area contributed by atoms with E-state index in [1.807, 2.05) is 42.5 Å². The molecule has 0 saturated carbocycles. The third-order valence-electron chi connectivity index (χ3n) is 4.98. The highest BCUT2D eigenvalue weighted by molar-refractivity contribution is 6.35. The van der Waals surface area contributed by atoms with Gasteiger partial charge < -0.3 is 19.5 Å². The Kier molecular flexibility index (Phi) is 9.50.